The molecule has 0 radical (unpaired) electrons. The Morgan fingerprint density at radius 3 is 2.47 bits per heavy atom. The Labute approximate surface area is 177 Å². The molecule has 1 aliphatic heterocycles. The molecule has 1 aromatic heterocycles. The number of ether oxygens (including phenoxy) is 1. The molecular formula is C25H30N2O3. The van der Waals surface area contributed by atoms with E-state index in [1.54, 1.807) is 6.92 Å². The molecule has 1 atom stereocenters. The zero-order valence-electron chi connectivity index (χ0n) is 18.0. The van der Waals surface area contributed by atoms with Crippen molar-refractivity contribution in [3.8, 4) is 11.4 Å². The van der Waals surface area contributed by atoms with Crippen LogP contribution in [0.5, 0.6) is 5.75 Å². The van der Waals surface area contributed by atoms with Gasteiger partial charge in [-0.1, -0.05) is 17.7 Å². The zero-order valence-corrected chi connectivity index (χ0v) is 18.0. The lowest BCUT2D eigenvalue weighted by molar-refractivity contribution is 0.0759. The highest BCUT2D eigenvalue weighted by atomic mass is 16.5. The molecule has 0 unspecified atom stereocenters. The lowest BCUT2D eigenvalue weighted by Gasteiger charge is -2.19. The van der Waals surface area contributed by atoms with Crippen molar-refractivity contribution in [1.29, 1.82) is 0 Å². The summed E-state index contributed by atoms with van der Waals surface area (Å²) in [6, 6.07) is 14.1. The summed E-state index contributed by atoms with van der Waals surface area (Å²) < 4.78 is 8.02. The number of aliphatic hydroxyl groups excluding tert-OH is 1. The Kier molecular flexibility index (Phi) is 5.93. The monoisotopic (exact) mass is 406 g/mol. The molecule has 1 aliphatic rings. The van der Waals surface area contributed by atoms with E-state index in [-0.39, 0.29) is 12.4 Å². The van der Waals surface area contributed by atoms with Crippen molar-refractivity contribution in [2.45, 2.75) is 39.7 Å². The number of likely N-dealkylation sites (tertiary alicyclic amines) is 1. The maximum absolute atomic E-state index is 12.5. The van der Waals surface area contributed by atoms with E-state index in [0.29, 0.717) is 17.9 Å². The number of β-amino-alcohol motifs (C(OH)–C–C–N with tert-alkyl or cyclic N) is 1. The first-order chi connectivity index (χ1) is 14.4. The fraction of sp³-hybridized carbons (Fsp3) is 0.400. The number of Topliss-reactive ketones (excluding diaryl/α,β-unsaturated/α-hetero) is 1. The molecule has 1 saturated heterocycles. The maximum atomic E-state index is 12.5. The van der Waals surface area contributed by atoms with Crippen LogP contribution in [-0.2, 0) is 0 Å². The van der Waals surface area contributed by atoms with Gasteiger partial charge in [0.2, 0.25) is 0 Å². The summed E-state index contributed by atoms with van der Waals surface area (Å²) in [5.41, 5.74) is 4.85. The second-order valence-corrected chi connectivity index (χ2v) is 8.34. The standard InChI is InChI=1S/C25H30N2O3/c1-17-6-8-20(9-7-17)27-18(2)25(19(3)28)23-14-22(10-11-24(23)27)30-16-21(29)15-26-12-4-5-13-26/h6-11,14,21,29H,4-5,12-13,15-16H2,1-3H3/t21-/m1/s1. The first kappa shape index (κ1) is 20.6. The molecule has 1 N–H and O–H groups in total. The third-order valence-electron chi connectivity index (χ3n) is 5.93. The Balaban J connectivity index is 1.62. The van der Waals surface area contributed by atoms with Gasteiger partial charge >= 0.3 is 0 Å². The van der Waals surface area contributed by atoms with Crippen LogP contribution in [0.1, 0.15) is 41.4 Å². The Morgan fingerprint density at radius 2 is 1.80 bits per heavy atom. The maximum Gasteiger partial charge on any atom is 0.162 e. The van der Waals surface area contributed by atoms with Crippen molar-refractivity contribution in [2.75, 3.05) is 26.2 Å². The fourth-order valence-electron chi connectivity index (χ4n) is 4.47. The summed E-state index contributed by atoms with van der Waals surface area (Å²) in [4.78, 5) is 14.7. The minimum atomic E-state index is -0.523. The minimum Gasteiger partial charge on any atom is -0.491 e. The summed E-state index contributed by atoms with van der Waals surface area (Å²) in [7, 11) is 0. The SMILES string of the molecule is CC(=O)c1c(C)n(-c2ccc(C)cc2)c2ccc(OC[C@H](O)CN3CCCC3)cc12. The highest BCUT2D eigenvalue weighted by Crippen LogP contribution is 2.32. The smallest absolute Gasteiger partial charge is 0.162 e. The van der Waals surface area contributed by atoms with Crippen LogP contribution >= 0.6 is 0 Å². The molecule has 5 nitrogen and oxygen atoms in total. The first-order valence-corrected chi connectivity index (χ1v) is 10.7. The van der Waals surface area contributed by atoms with Crippen molar-refractivity contribution in [3.05, 3.63) is 59.3 Å². The molecule has 2 aromatic carbocycles. The van der Waals surface area contributed by atoms with Gasteiger partial charge in [-0.15, -0.1) is 0 Å². The normalized spacial score (nSPS) is 15.6. The van der Waals surface area contributed by atoms with E-state index in [9.17, 15) is 9.90 Å². The summed E-state index contributed by atoms with van der Waals surface area (Å²) >= 11 is 0. The van der Waals surface area contributed by atoms with Gasteiger partial charge in [-0.05, 0) is 77.0 Å². The fourth-order valence-corrected chi connectivity index (χ4v) is 4.47. The second kappa shape index (κ2) is 8.62. The number of nitrogens with zero attached hydrogens (tertiary/aromatic N) is 2. The number of benzene rings is 2. The van der Waals surface area contributed by atoms with Gasteiger partial charge in [0.1, 0.15) is 18.5 Å². The van der Waals surface area contributed by atoms with Crippen molar-refractivity contribution < 1.29 is 14.6 Å². The third kappa shape index (κ3) is 4.13. The average Bonchev–Trinajstić information content (AvgIpc) is 3.32. The number of rotatable bonds is 7. The number of aryl methyl sites for hydroxylation is 1. The van der Waals surface area contributed by atoms with E-state index >= 15 is 0 Å². The van der Waals surface area contributed by atoms with Crippen LogP contribution in [-0.4, -0.2) is 52.7 Å². The van der Waals surface area contributed by atoms with Gasteiger partial charge in [0.25, 0.3) is 0 Å². The van der Waals surface area contributed by atoms with Crippen LogP contribution in [0.2, 0.25) is 0 Å². The highest BCUT2D eigenvalue weighted by molar-refractivity contribution is 6.09. The van der Waals surface area contributed by atoms with Crippen LogP contribution in [0, 0.1) is 13.8 Å². The molecule has 3 aromatic rings. The molecule has 158 valence electrons. The predicted octanol–water partition coefficient (Wildman–Crippen LogP) is 4.29. The number of hydrogen-bond acceptors (Lipinski definition) is 4. The Morgan fingerprint density at radius 1 is 1.10 bits per heavy atom. The van der Waals surface area contributed by atoms with Gasteiger partial charge in [-0.25, -0.2) is 0 Å². The molecule has 4 rings (SSSR count). The number of aromatic nitrogens is 1. The van der Waals surface area contributed by atoms with E-state index in [0.717, 1.165) is 35.4 Å². The van der Waals surface area contributed by atoms with Gasteiger partial charge in [-0.3, -0.25) is 4.79 Å². The van der Waals surface area contributed by atoms with E-state index in [2.05, 4.69) is 40.7 Å². The topological polar surface area (TPSA) is 54.7 Å². The van der Waals surface area contributed by atoms with Crippen LogP contribution in [0.3, 0.4) is 0 Å². The van der Waals surface area contributed by atoms with Crippen molar-refractivity contribution >= 4 is 16.7 Å². The Hall–Kier alpha value is -2.63. The molecule has 30 heavy (non-hydrogen) atoms. The number of carbonyl (C=O) groups excluding carboxylic acids is 1. The lowest BCUT2D eigenvalue weighted by Crippen LogP contribution is -2.33. The summed E-state index contributed by atoms with van der Waals surface area (Å²) in [6.07, 6.45) is 1.88. The molecule has 5 heteroatoms. The quantitative estimate of drug-likeness (QED) is 0.595. The molecule has 0 aliphatic carbocycles. The molecular weight excluding hydrogens is 376 g/mol. The Bertz CT molecular complexity index is 1050. The number of hydrogen-bond donors (Lipinski definition) is 1. The number of ketones is 1. The number of aliphatic hydroxyl groups is 1. The van der Waals surface area contributed by atoms with E-state index in [4.69, 9.17) is 4.74 Å². The van der Waals surface area contributed by atoms with Gasteiger partial charge < -0.3 is 19.3 Å². The second-order valence-electron chi connectivity index (χ2n) is 8.34. The van der Waals surface area contributed by atoms with Gasteiger partial charge in [0.05, 0.1) is 5.52 Å². The number of carbonyl (C=O) groups is 1. The molecule has 0 saturated carbocycles. The molecule has 0 amide bonds. The van der Waals surface area contributed by atoms with Crippen LogP contribution in [0.4, 0.5) is 0 Å². The first-order valence-electron chi connectivity index (χ1n) is 10.7. The van der Waals surface area contributed by atoms with Crippen LogP contribution in [0.25, 0.3) is 16.6 Å². The molecule has 2 heterocycles. The molecule has 1 fully saturated rings. The summed E-state index contributed by atoms with van der Waals surface area (Å²) in [5, 5.41) is 11.2. The number of fused-ring (bicyclic) bond motifs is 1. The largest absolute Gasteiger partial charge is 0.491 e. The van der Waals surface area contributed by atoms with E-state index in [1.165, 1.54) is 18.4 Å². The van der Waals surface area contributed by atoms with Crippen LogP contribution in [0.15, 0.2) is 42.5 Å². The highest BCUT2D eigenvalue weighted by Gasteiger charge is 2.20. The average molecular weight is 407 g/mol. The van der Waals surface area contributed by atoms with Crippen molar-refractivity contribution in [1.82, 2.24) is 9.47 Å². The zero-order chi connectivity index (χ0) is 21.3. The van der Waals surface area contributed by atoms with Crippen LogP contribution < -0.4 is 4.74 Å². The summed E-state index contributed by atoms with van der Waals surface area (Å²) in [6.45, 7) is 8.64. The van der Waals surface area contributed by atoms with Gasteiger partial charge in [-0.2, -0.15) is 0 Å². The van der Waals surface area contributed by atoms with Gasteiger partial charge in [0, 0.05) is 28.9 Å². The molecule has 0 bridgehead atoms. The predicted molar refractivity (Wildman–Crippen MR) is 120 cm³/mol. The van der Waals surface area contributed by atoms with E-state index in [1.807, 2.05) is 25.1 Å². The van der Waals surface area contributed by atoms with E-state index < -0.39 is 6.10 Å². The van der Waals surface area contributed by atoms with Gasteiger partial charge in [0.15, 0.2) is 5.78 Å². The minimum absolute atomic E-state index is 0.0366. The summed E-state index contributed by atoms with van der Waals surface area (Å²) in [5.74, 6) is 0.709. The third-order valence-corrected chi connectivity index (χ3v) is 5.93. The lowest BCUT2D eigenvalue weighted by atomic mass is 10.1. The van der Waals surface area contributed by atoms with Crippen molar-refractivity contribution in [3.63, 3.8) is 0 Å². The molecule has 0 spiro atoms. The van der Waals surface area contributed by atoms with Crippen molar-refractivity contribution in [2.24, 2.45) is 0 Å².